The lowest BCUT2D eigenvalue weighted by Crippen LogP contribution is -2.82. The molecule has 10 atom stereocenters. The minimum atomic E-state index is -4.67. The standard InChI is InChI=1S/C45H57N5O8.H2O4S/c1-7-41(54)22-27-23-44(40(53)57-6,35-29(14-18-49(24-27)25-41)28-12-9-10-13-32(28)47-35)31-20-30-33(21-34(31)56-5)48(4)37-43(30)16-19-50-17-11-15-42(8-2,36(43)50)38(58-26(3)51)45(37,55)39(46)52;1-5(2,3)4/h9-13,15,20-21,27,36-38,47,54-55H,7-8,14,16-19,22-25H2,1-6H3,(H2,46,52);(H2,1,2,3,4)/t27-,36+,37-,38-,41+,42-,43-,44+,45+;/m1./s1. The predicted octanol–water partition coefficient (Wildman–Crippen LogP) is 2.65. The number of aliphatic hydroxyl groups is 2. The molecule has 17 nitrogen and oxygen atoms in total. The minimum Gasteiger partial charge on any atom is -0.496 e. The molecule has 2 saturated heterocycles. The fraction of sp³-hybridized carbons (Fsp3) is 0.578. The minimum absolute atomic E-state index is 0.0981. The number of nitrogens with zero attached hydrogens (tertiary/aromatic N) is 3. The highest BCUT2D eigenvalue weighted by Gasteiger charge is 2.79. The largest absolute Gasteiger partial charge is 0.496 e. The number of H-pyrrole nitrogens is 1. The Labute approximate surface area is 367 Å². The van der Waals surface area contributed by atoms with E-state index in [2.05, 4.69) is 26.9 Å². The highest BCUT2D eigenvalue weighted by Crippen LogP contribution is 2.68. The lowest BCUT2D eigenvalue weighted by atomic mass is 9.47. The Morgan fingerprint density at radius 1 is 1.00 bits per heavy atom. The summed E-state index contributed by atoms with van der Waals surface area (Å²) in [6.45, 7) is 8.60. The molecule has 3 fully saturated rings. The summed E-state index contributed by atoms with van der Waals surface area (Å²) in [6, 6.07) is 10.9. The molecule has 1 unspecified atom stereocenters. The summed E-state index contributed by atoms with van der Waals surface area (Å²) in [5.74, 6) is -1.66. The summed E-state index contributed by atoms with van der Waals surface area (Å²) in [4.78, 5) is 52.6. The van der Waals surface area contributed by atoms with E-state index in [-0.39, 0.29) is 12.0 Å². The monoisotopic (exact) mass is 893 g/mol. The number of para-hydroxylation sites is 1. The number of likely N-dealkylation sites (N-methyl/N-ethyl adjacent to an activating group) is 1. The SMILES string of the molecule is CC[C@]1(O)C[C@H]2CN(CCc3c([nH]c4ccccc34)[C@@](C(=O)OC)(c3cc4c(cc3OC)N(C)[C@H]3[C@@](O)(C(N)=O)[C@H](OC(C)=O)[C@]5(CC)C=CCN6CC[C@]43[C@@H]65)C2)C1.O=S(=O)(O)O. The molecule has 7 N–H and O–H groups in total. The molecule has 63 heavy (non-hydrogen) atoms. The number of esters is 2. The molecular weight excluding hydrogens is 835 g/mol. The van der Waals surface area contributed by atoms with E-state index in [4.69, 9.17) is 37.5 Å². The fourth-order valence-electron chi connectivity index (χ4n) is 13.4. The number of aromatic amines is 1. The molecule has 9 rings (SSSR count). The van der Waals surface area contributed by atoms with Crippen molar-refractivity contribution in [2.24, 2.45) is 17.1 Å². The van der Waals surface area contributed by atoms with Gasteiger partial charge in [-0.25, -0.2) is 0 Å². The number of fused-ring (bicyclic) bond motifs is 6. The normalized spacial score (nSPS) is 35.4. The van der Waals surface area contributed by atoms with E-state index in [0.717, 1.165) is 33.4 Å². The summed E-state index contributed by atoms with van der Waals surface area (Å²) < 4.78 is 50.0. The lowest BCUT2D eigenvalue weighted by Gasteiger charge is -2.63. The first-order valence-electron chi connectivity index (χ1n) is 21.6. The second-order valence-electron chi connectivity index (χ2n) is 18.5. The Bertz CT molecular complexity index is 2490. The van der Waals surface area contributed by atoms with Crippen LogP contribution in [0.25, 0.3) is 10.9 Å². The third-order valence-electron chi connectivity index (χ3n) is 15.5. The van der Waals surface area contributed by atoms with E-state index in [1.54, 1.807) is 7.11 Å². The Morgan fingerprint density at radius 3 is 2.35 bits per heavy atom. The van der Waals surface area contributed by atoms with Gasteiger partial charge in [0.15, 0.2) is 6.10 Å². The maximum absolute atomic E-state index is 15.3. The van der Waals surface area contributed by atoms with Crippen LogP contribution < -0.4 is 15.4 Å². The molecule has 3 aromatic rings. The van der Waals surface area contributed by atoms with Crippen LogP contribution in [0.4, 0.5) is 5.69 Å². The molecule has 1 spiro atoms. The van der Waals surface area contributed by atoms with Gasteiger partial charge in [0.05, 0.1) is 25.9 Å². The Morgan fingerprint density at radius 2 is 1.71 bits per heavy atom. The average molecular weight is 894 g/mol. The number of primary amides is 1. The van der Waals surface area contributed by atoms with Crippen LogP contribution in [0.5, 0.6) is 5.75 Å². The van der Waals surface area contributed by atoms with Crippen LogP contribution in [0.3, 0.4) is 0 Å². The third-order valence-corrected chi connectivity index (χ3v) is 15.5. The van der Waals surface area contributed by atoms with Crippen molar-refractivity contribution in [1.82, 2.24) is 14.8 Å². The smallest absolute Gasteiger partial charge is 0.394 e. The van der Waals surface area contributed by atoms with Crippen molar-refractivity contribution in [3.05, 3.63) is 70.9 Å². The molecule has 6 heterocycles. The van der Waals surface area contributed by atoms with Crippen LogP contribution in [0.1, 0.15) is 75.3 Å². The number of ether oxygens (including phenoxy) is 3. The van der Waals surface area contributed by atoms with E-state index < -0.39 is 67.8 Å². The number of carbonyl (C=O) groups excluding carboxylic acids is 3. The first-order valence-corrected chi connectivity index (χ1v) is 23.0. The number of carbonyl (C=O) groups is 3. The summed E-state index contributed by atoms with van der Waals surface area (Å²) in [7, 11) is 0.210. The zero-order chi connectivity index (χ0) is 45.7. The Hall–Kier alpha value is -4.56. The number of aromatic nitrogens is 1. The van der Waals surface area contributed by atoms with Crippen LogP contribution in [0.2, 0.25) is 0 Å². The number of nitrogens with two attached hydrogens (primary N) is 1. The molecule has 1 saturated carbocycles. The molecule has 0 radical (unpaired) electrons. The number of hydrogen-bond donors (Lipinski definition) is 6. The van der Waals surface area contributed by atoms with E-state index in [9.17, 15) is 19.8 Å². The zero-order valence-corrected chi connectivity index (χ0v) is 37.4. The molecule has 1 aliphatic carbocycles. The summed E-state index contributed by atoms with van der Waals surface area (Å²) in [6.07, 6.45) is 5.91. The quantitative estimate of drug-likeness (QED) is 0.113. The van der Waals surface area contributed by atoms with Gasteiger partial charge in [-0.15, -0.1) is 0 Å². The van der Waals surface area contributed by atoms with Gasteiger partial charge in [-0.1, -0.05) is 44.2 Å². The molecule has 2 bridgehead atoms. The molecule has 342 valence electrons. The van der Waals surface area contributed by atoms with Crippen molar-refractivity contribution in [1.29, 1.82) is 0 Å². The van der Waals surface area contributed by atoms with Gasteiger partial charge in [0.25, 0.3) is 5.91 Å². The highest BCUT2D eigenvalue weighted by atomic mass is 32.3. The topological polar surface area (TPSA) is 245 Å². The van der Waals surface area contributed by atoms with Crippen LogP contribution in [-0.4, -0.2) is 144 Å². The molecule has 5 aliphatic heterocycles. The maximum atomic E-state index is 15.3. The third kappa shape index (κ3) is 6.61. The molecule has 1 aromatic heterocycles. The number of anilines is 1. The summed E-state index contributed by atoms with van der Waals surface area (Å²) in [5.41, 5.74) is 4.67. The molecule has 6 aliphatic rings. The van der Waals surface area contributed by atoms with Crippen molar-refractivity contribution in [3.63, 3.8) is 0 Å². The first-order chi connectivity index (χ1) is 29.7. The number of benzene rings is 2. The number of amides is 1. The van der Waals surface area contributed by atoms with Crippen LogP contribution in [-0.2, 0) is 51.5 Å². The predicted molar refractivity (Wildman–Crippen MR) is 232 cm³/mol. The first kappa shape index (κ1) is 45.0. The number of hydrogen-bond acceptors (Lipinski definition) is 13. The van der Waals surface area contributed by atoms with Crippen molar-refractivity contribution < 1.29 is 56.3 Å². The highest BCUT2D eigenvalue weighted by molar-refractivity contribution is 7.79. The number of rotatable bonds is 7. The fourth-order valence-corrected chi connectivity index (χ4v) is 13.4. The van der Waals surface area contributed by atoms with Gasteiger partial charge in [0.1, 0.15) is 11.2 Å². The average Bonchev–Trinajstić information content (AvgIpc) is 3.89. The van der Waals surface area contributed by atoms with Crippen molar-refractivity contribution >= 4 is 44.8 Å². The Balaban J connectivity index is 0.00000103. The Kier molecular flexibility index (Phi) is 11.1. The maximum Gasteiger partial charge on any atom is 0.394 e. The second kappa shape index (κ2) is 15.6. The van der Waals surface area contributed by atoms with Gasteiger partial charge < -0.3 is 40.0 Å². The van der Waals surface area contributed by atoms with E-state index in [1.807, 2.05) is 62.2 Å². The lowest BCUT2D eigenvalue weighted by molar-refractivity contribution is -0.216. The van der Waals surface area contributed by atoms with E-state index in [1.165, 1.54) is 14.0 Å². The van der Waals surface area contributed by atoms with Gasteiger partial charge >= 0.3 is 22.3 Å². The number of nitrogens with one attached hydrogen (secondary N) is 1. The van der Waals surface area contributed by atoms with E-state index >= 15 is 4.79 Å². The van der Waals surface area contributed by atoms with Gasteiger partial charge in [-0.05, 0) is 74.2 Å². The van der Waals surface area contributed by atoms with Crippen molar-refractivity contribution in [2.45, 2.75) is 99.5 Å². The molecule has 2 aromatic carbocycles. The van der Waals surface area contributed by atoms with Crippen LogP contribution in [0.15, 0.2) is 48.6 Å². The van der Waals surface area contributed by atoms with Crippen molar-refractivity contribution in [3.8, 4) is 5.75 Å². The van der Waals surface area contributed by atoms with E-state index in [0.29, 0.717) is 82.6 Å². The van der Waals surface area contributed by atoms with Gasteiger partial charge in [-0.3, -0.25) is 33.3 Å². The van der Waals surface area contributed by atoms with Gasteiger partial charge in [0.2, 0.25) is 5.60 Å². The summed E-state index contributed by atoms with van der Waals surface area (Å²) >= 11 is 0. The second-order valence-corrected chi connectivity index (χ2v) is 19.4. The molecular formula is C45H59N5O12S. The van der Waals surface area contributed by atoms with Gasteiger partial charge in [0, 0.05) is 90.9 Å². The van der Waals surface area contributed by atoms with Gasteiger partial charge in [-0.2, -0.15) is 8.42 Å². The van der Waals surface area contributed by atoms with Crippen molar-refractivity contribution in [2.75, 3.05) is 58.9 Å². The number of piperidine rings is 1. The molecule has 1 amide bonds. The molecule has 18 heteroatoms. The van der Waals surface area contributed by atoms with Crippen LogP contribution >= 0.6 is 0 Å². The zero-order valence-electron chi connectivity index (χ0n) is 36.6. The van der Waals surface area contributed by atoms with Crippen LogP contribution in [0, 0.1) is 11.3 Å². The summed E-state index contributed by atoms with van der Waals surface area (Å²) in [5, 5.41) is 26.1. The number of methoxy groups -OCH3 is 2.